The summed E-state index contributed by atoms with van der Waals surface area (Å²) in [5.74, 6) is -0.594. The number of amides is 5. The third-order valence-corrected chi connectivity index (χ3v) is 8.72. The zero-order chi connectivity index (χ0) is 37.1. The summed E-state index contributed by atoms with van der Waals surface area (Å²) in [6.45, 7) is 3.78. The molecule has 0 radical (unpaired) electrons. The molecule has 3 N–H and O–H groups in total. The zero-order valence-electron chi connectivity index (χ0n) is 28.7. The Bertz CT molecular complexity index is 2320. The first-order valence-electron chi connectivity index (χ1n) is 16.8. The Kier molecular flexibility index (Phi) is 9.58. The van der Waals surface area contributed by atoms with E-state index in [2.05, 4.69) is 30.9 Å². The van der Waals surface area contributed by atoms with Crippen LogP contribution in [0.25, 0.3) is 17.0 Å². The SMILES string of the molecule is Cc1ccc(Oc2ccc(Nc3ncnc4ccc(C=CCNC(=O)COc5ccc6c(c5)C(=O)N(C5CCC(=O)NC5=O)C6=O)cc34)cc2C)cn1. The molecule has 0 spiro atoms. The van der Waals surface area contributed by atoms with Crippen LogP contribution >= 0.6 is 0 Å². The highest BCUT2D eigenvalue weighted by molar-refractivity contribution is 6.23. The summed E-state index contributed by atoms with van der Waals surface area (Å²) >= 11 is 0. The van der Waals surface area contributed by atoms with E-state index in [0.29, 0.717) is 11.6 Å². The summed E-state index contributed by atoms with van der Waals surface area (Å²) in [6.07, 6.45) is 6.94. The second-order valence-corrected chi connectivity index (χ2v) is 12.5. The van der Waals surface area contributed by atoms with E-state index < -0.39 is 35.6 Å². The molecule has 2 aliphatic heterocycles. The molecule has 7 rings (SSSR count). The smallest absolute Gasteiger partial charge is 0.262 e. The van der Waals surface area contributed by atoms with Crippen LogP contribution in [-0.2, 0) is 14.4 Å². The number of imide groups is 2. The number of carbonyl (C=O) groups is 5. The minimum atomic E-state index is -1.07. The van der Waals surface area contributed by atoms with Crippen LogP contribution in [-0.4, -0.2) is 68.6 Å². The van der Waals surface area contributed by atoms with Crippen LogP contribution in [0.15, 0.2) is 85.3 Å². The molecule has 53 heavy (non-hydrogen) atoms. The maximum atomic E-state index is 13.1. The highest BCUT2D eigenvalue weighted by atomic mass is 16.5. The molecule has 0 aliphatic carbocycles. The molecule has 0 saturated carbocycles. The lowest BCUT2D eigenvalue weighted by Gasteiger charge is -2.27. The van der Waals surface area contributed by atoms with Crippen molar-refractivity contribution < 1.29 is 33.4 Å². The van der Waals surface area contributed by atoms with Crippen molar-refractivity contribution in [3.63, 3.8) is 0 Å². The van der Waals surface area contributed by atoms with Gasteiger partial charge in [0.15, 0.2) is 6.61 Å². The van der Waals surface area contributed by atoms with Crippen LogP contribution < -0.4 is 25.4 Å². The van der Waals surface area contributed by atoms with Gasteiger partial charge in [-0.25, -0.2) is 9.97 Å². The molecule has 1 atom stereocenters. The van der Waals surface area contributed by atoms with Gasteiger partial charge in [-0.15, -0.1) is 0 Å². The van der Waals surface area contributed by atoms with E-state index in [1.165, 1.54) is 24.5 Å². The van der Waals surface area contributed by atoms with Crippen molar-refractivity contribution in [2.45, 2.75) is 32.7 Å². The van der Waals surface area contributed by atoms with Crippen LogP contribution in [0.5, 0.6) is 17.2 Å². The van der Waals surface area contributed by atoms with Gasteiger partial charge in [-0.05, 0) is 92.1 Å². The van der Waals surface area contributed by atoms with Crippen LogP contribution in [0.3, 0.4) is 0 Å². The Morgan fingerprint density at radius 2 is 1.75 bits per heavy atom. The Hall–Kier alpha value is -6.96. The molecule has 2 aromatic heterocycles. The number of aryl methyl sites for hydroxylation is 2. The van der Waals surface area contributed by atoms with Gasteiger partial charge in [0, 0.05) is 29.7 Å². The molecule has 1 saturated heterocycles. The number of pyridine rings is 1. The molecule has 0 bridgehead atoms. The molecule has 2 aliphatic rings. The molecule has 1 fully saturated rings. The van der Waals surface area contributed by atoms with Gasteiger partial charge in [0.2, 0.25) is 11.8 Å². The lowest BCUT2D eigenvalue weighted by atomic mass is 10.0. The van der Waals surface area contributed by atoms with Gasteiger partial charge >= 0.3 is 0 Å². The number of nitrogens with one attached hydrogen (secondary N) is 3. The summed E-state index contributed by atoms with van der Waals surface area (Å²) in [7, 11) is 0. The van der Waals surface area contributed by atoms with Gasteiger partial charge in [0.05, 0.1) is 22.8 Å². The Morgan fingerprint density at radius 1 is 0.925 bits per heavy atom. The normalized spacial score (nSPS) is 15.4. The standard InChI is InChI=1S/C39H33N7O7/c1-22-16-25(7-13-33(22)53-27-8-5-23(2)41-19-27)44-36-30-17-24(6-11-31(30)42-21-43-36)4-3-15-40-35(48)20-52-26-9-10-28-29(18-26)39(51)46(38(28)50)32-12-14-34(47)45-37(32)49/h3-11,13,16-19,21,32H,12,14-15,20H2,1-2H3,(H,40,48)(H,42,43,44)(H,45,47,49). The minimum Gasteiger partial charge on any atom is -0.484 e. The lowest BCUT2D eigenvalue weighted by Crippen LogP contribution is -2.54. The highest BCUT2D eigenvalue weighted by Crippen LogP contribution is 2.32. The van der Waals surface area contributed by atoms with E-state index in [4.69, 9.17) is 9.47 Å². The molecule has 14 heteroatoms. The van der Waals surface area contributed by atoms with Crippen molar-refractivity contribution in [2.75, 3.05) is 18.5 Å². The number of aromatic nitrogens is 3. The molecule has 14 nitrogen and oxygen atoms in total. The van der Waals surface area contributed by atoms with Gasteiger partial charge in [-0.2, -0.15) is 0 Å². The molecular formula is C39H33N7O7. The monoisotopic (exact) mass is 711 g/mol. The maximum Gasteiger partial charge on any atom is 0.262 e. The van der Waals surface area contributed by atoms with Gasteiger partial charge in [-0.3, -0.25) is 39.2 Å². The van der Waals surface area contributed by atoms with E-state index in [0.717, 1.165) is 44.1 Å². The number of anilines is 2. The van der Waals surface area contributed by atoms with E-state index in [9.17, 15) is 24.0 Å². The number of hydrogen-bond donors (Lipinski definition) is 3. The van der Waals surface area contributed by atoms with Crippen molar-refractivity contribution in [2.24, 2.45) is 0 Å². The number of nitrogens with zero attached hydrogens (tertiary/aromatic N) is 4. The van der Waals surface area contributed by atoms with Crippen LogP contribution in [0.4, 0.5) is 11.5 Å². The first-order valence-corrected chi connectivity index (χ1v) is 16.8. The van der Waals surface area contributed by atoms with E-state index in [-0.39, 0.29) is 42.9 Å². The fourth-order valence-corrected chi connectivity index (χ4v) is 6.01. The first kappa shape index (κ1) is 34.5. The fraction of sp³-hybridized carbons (Fsp3) is 0.179. The largest absolute Gasteiger partial charge is 0.484 e. The summed E-state index contributed by atoms with van der Waals surface area (Å²) in [4.78, 5) is 76.3. The van der Waals surface area contributed by atoms with Gasteiger partial charge < -0.3 is 20.1 Å². The van der Waals surface area contributed by atoms with Crippen molar-refractivity contribution in [3.8, 4) is 17.2 Å². The van der Waals surface area contributed by atoms with Crippen molar-refractivity contribution in [1.29, 1.82) is 0 Å². The summed E-state index contributed by atoms with van der Waals surface area (Å²) < 4.78 is 11.6. The number of ether oxygens (including phenoxy) is 2. The fourth-order valence-electron chi connectivity index (χ4n) is 6.01. The third kappa shape index (κ3) is 7.56. The number of hydrogen-bond acceptors (Lipinski definition) is 11. The predicted octanol–water partition coefficient (Wildman–Crippen LogP) is 4.79. The summed E-state index contributed by atoms with van der Waals surface area (Å²) in [5, 5.41) is 9.11. The second-order valence-electron chi connectivity index (χ2n) is 12.5. The summed E-state index contributed by atoms with van der Waals surface area (Å²) in [6, 6.07) is 18.5. The quantitative estimate of drug-likeness (QED) is 0.160. The maximum absolute atomic E-state index is 13.1. The van der Waals surface area contributed by atoms with Crippen LogP contribution in [0.1, 0.15) is 50.4 Å². The lowest BCUT2D eigenvalue weighted by molar-refractivity contribution is -0.136. The molecule has 5 aromatic rings. The molecular weight excluding hydrogens is 678 g/mol. The average Bonchev–Trinajstić information content (AvgIpc) is 3.39. The number of carbonyl (C=O) groups excluding carboxylic acids is 5. The minimum absolute atomic E-state index is 0.0268. The predicted molar refractivity (Wildman–Crippen MR) is 194 cm³/mol. The van der Waals surface area contributed by atoms with Crippen LogP contribution in [0, 0.1) is 13.8 Å². The average molecular weight is 712 g/mol. The Morgan fingerprint density at radius 3 is 2.55 bits per heavy atom. The Labute approximate surface area is 303 Å². The van der Waals surface area contributed by atoms with E-state index in [1.807, 2.05) is 68.5 Å². The molecule has 266 valence electrons. The van der Waals surface area contributed by atoms with Crippen molar-refractivity contribution in [1.82, 2.24) is 30.5 Å². The zero-order valence-corrected chi connectivity index (χ0v) is 28.7. The highest BCUT2D eigenvalue weighted by Gasteiger charge is 2.44. The number of benzene rings is 3. The molecule has 1 unspecified atom stereocenters. The van der Waals surface area contributed by atoms with Gasteiger partial charge in [-0.1, -0.05) is 18.2 Å². The second kappa shape index (κ2) is 14.7. The van der Waals surface area contributed by atoms with E-state index >= 15 is 0 Å². The van der Waals surface area contributed by atoms with Gasteiger partial charge in [0.1, 0.15) is 35.4 Å². The number of fused-ring (bicyclic) bond motifs is 2. The van der Waals surface area contributed by atoms with Crippen molar-refractivity contribution in [3.05, 3.63) is 113 Å². The molecule has 3 aromatic carbocycles. The third-order valence-electron chi connectivity index (χ3n) is 8.72. The topological polar surface area (TPSA) is 182 Å². The van der Waals surface area contributed by atoms with Crippen LogP contribution in [0.2, 0.25) is 0 Å². The van der Waals surface area contributed by atoms with E-state index in [1.54, 1.807) is 12.3 Å². The molecule has 4 heterocycles. The first-order chi connectivity index (χ1) is 25.6. The molecule has 5 amide bonds. The van der Waals surface area contributed by atoms with Gasteiger partial charge in [0.25, 0.3) is 17.7 Å². The number of rotatable bonds is 11. The Balaban J connectivity index is 0.929. The number of piperidine rings is 1. The van der Waals surface area contributed by atoms with Crippen molar-refractivity contribution >= 4 is 58.0 Å². The summed E-state index contributed by atoms with van der Waals surface area (Å²) in [5.41, 5.74) is 4.49.